The van der Waals surface area contributed by atoms with Gasteiger partial charge in [-0.2, -0.15) is 15.1 Å². The third-order valence-electron chi connectivity index (χ3n) is 5.16. The van der Waals surface area contributed by atoms with Crippen LogP contribution in [0.3, 0.4) is 0 Å². The van der Waals surface area contributed by atoms with Gasteiger partial charge in [0.1, 0.15) is 5.04 Å². The van der Waals surface area contributed by atoms with Crippen LogP contribution in [0.25, 0.3) is 6.08 Å². The molecular formula is C25H16ClN5O4S. The number of hydrogen-bond donors (Lipinski definition) is 1. The van der Waals surface area contributed by atoms with E-state index >= 15 is 0 Å². The summed E-state index contributed by atoms with van der Waals surface area (Å²) in [6, 6.07) is 14.7. The summed E-state index contributed by atoms with van der Waals surface area (Å²) in [5, 5.41) is 15.8. The molecule has 1 N–H and O–H groups in total. The third kappa shape index (κ3) is 4.64. The highest BCUT2D eigenvalue weighted by Gasteiger charge is 2.36. The summed E-state index contributed by atoms with van der Waals surface area (Å²) in [6.07, 6.45) is 4.80. The van der Waals surface area contributed by atoms with E-state index < -0.39 is 11.9 Å². The first kappa shape index (κ1) is 23.5. The molecule has 36 heavy (non-hydrogen) atoms. The number of ether oxygens (including phenoxy) is 2. The number of carbonyl (C=O) groups is 2. The van der Waals surface area contributed by atoms with Crippen LogP contribution < -0.4 is 9.47 Å². The molecule has 3 aromatic rings. The Bertz CT molecular complexity index is 1490. The number of amidine groups is 2. The summed E-state index contributed by atoms with van der Waals surface area (Å²) < 4.78 is 10.9. The Morgan fingerprint density at radius 2 is 1.83 bits per heavy atom. The molecule has 3 heterocycles. The van der Waals surface area contributed by atoms with E-state index in [2.05, 4.69) is 15.1 Å². The van der Waals surface area contributed by atoms with Crippen molar-refractivity contribution in [3.05, 3.63) is 94.3 Å². The van der Waals surface area contributed by atoms with Gasteiger partial charge in [0.15, 0.2) is 17.3 Å². The number of hydrogen-bond acceptors (Lipinski definition) is 8. The molecule has 0 radical (unpaired) electrons. The van der Waals surface area contributed by atoms with Gasteiger partial charge in [0.25, 0.3) is 5.91 Å². The van der Waals surface area contributed by atoms with Crippen LogP contribution in [-0.2, 0) is 4.79 Å². The zero-order valence-electron chi connectivity index (χ0n) is 18.6. The number of nitrogens with zero attached hydrogens (tertiary/aromatic N) is 4. The van der Waals surface area contributed by atoms with Crippen molar-refractivity contribution in [2.75, 3.05) is 7.11 Å². The van der Waals surface area contributed by atoms with E-state index in [1.807, 2.05) is 0 Å². The fourth-order valence-corrected chi connectivity index (χ4v) is 4.40. The van der Waals surface area contributed by atoms with E-state index in [-0.39, 0.29) is 22.9 Å². The Hall–Kier alpha value is -4.28. The van der Waals surface area contributed by atoms with Crippen LogP contribution >= 0.6 is 23.4 Å². The molecule has 1 amide bonds. The minimum absolute atomic E-state index is 0.0621. The monoisotopic (exact) mass is 517 g/mol. The van der Waals surface area contributed by atoms with E-state index in [1.54, 1.807) is 67.0 Å². The molecule has 1 aromatic heterocycles. The van der Waals surface area contributed by atoms with Crippen LogP contribution in [-0.4, -0.2) is 45.0 Å². The molecule has 0 fully saturated rings. The topological polar surface area (TPSA) is 117 Å². The molecule has 0 spiro atoms. The molecule has 0 aliphatic carbocycles. The van der Waals surface area contributed by atoms with Gasteiger partial charge in [-0.1, -0.05) is 17.7 Å². The van der Waals surface area contributed by atoms with Crippen molar-refractivity contribution >= 4 is 57.4 Å². The van der Waals surface area contributed by atoms with E-state index in [0.717, 1.165) is 5.56 Å². The van der Waals surface area contributed by atoms with Gasteiger partial charge in [-0.25, -0.2) is 4.79 Å². The number of pyridine rings is 1. The average molecular weight is 518 g/mol. The van der Waals surface area contributed by atoms with Crippen molar-refractivity contribution in [2.24, 2.45) is 10.1 Å². The molecule has 178 valence electrons. The second-order valence-electron chi connectivity index (χ2n) is 7.47. The maximum absolute atomic E-state index is 12.7. The zero-order valence-corrected chi connectivity index (χ0v) is 20.2. The van der Waals surface area contributed by atoms with Crippen molar-refractivity contribution in [3.8, 4) is 11.5 Å². The third-order valence-corrected chi connectivity index (χ3v) is 6.37. The molecule has 2 aliphatic rings. The highest BCUT2D eigenvalue weighted by Crippen LogP contribution is 2.33. The number of amides is 1. The Labute approximate surface area is 214 Å². The van der Waals surface area contributed by atoms with Crippen LogP contribution in [0, 0.1) is 5.41 Å². The molecule has 0 unspecified atom stereocenters. The first-order chi connectivity index (χ1) is 17.4. The van der Waals surface area contributed by atoms with E-state index in [0.29, 0.717) is 26.4 Å². The Morgan fingerprint density at radius 3 is 2.56 bits per heavy atom. The van der Waals surface area contributed by atoms with Gasteiger partial charge in [-0.3, -0.25) is 15.2 Å². The maximum atomic E-state index is 12.7. The molecule has 9 nitrogen and oxygen atoms in total. The SMILES string of the molecule is COc1cc(/C=C2/C(=N)N3N=C(c4ccncc4)SC3=NC2=O)ccc1OC(=O)c1ccc(Cl)cc1. The molecule has 0 bridgehead atoms. The second kappa shape index (κ2) is 9.76. The van der Waals surface area contributed by atoms with Crippen molar-refractivity contribution in [3.63, 3.8) is 0 Å². The summed E-state index contributed by atoms with van der Waals surface area (Å²) >= 11 is 7.08. The summed E-state index contributed by atoms with van der Waals surface area (Å²) in [5.74, 6) is -0.745. The van der Waals surface area contributed by atoms with Crippen LogP contribution in [0.5, 0.6) is 11.5 Å². The summed E-state index contributed by atoms with van der Waals surface area (Å²) in [4.78, 5) is 33.3. The zero-order chi connectivity index (χ0) is 25.2. The quantitative estimate of drug-likeness (QED) is 0.298. The average Bonchev–Trinajstić information content (AvgIpc) is 3.32. The van der Waals surface area contributed by atoms with Crippen molar-refractivity contribution in [1.29, 1.82) is 5.41 Å². The predicted molar refractivity (Wildman–Crippen MR) is 138 cm³/mol. The lowest BCUT2D eigenvalue weighted by molar-refractivity contribution is -0.114. The van der Waals surface area contributed by atoms with Gasteiger partial charge >= 0.3 is 5.97 Å². The normalized spacial score (nSPS) is 15.9. The first-order valence-electron chi connectivity index (χ1n) is 10.5. The van der Waals surface area contributed by atoms with Gasteiger partial charge in [-0.15, -0.1) is 0 Å². The Balaban J connectivity index is 1.39. The molecule has 0 atom stereocenters. The molecule has 0 saturated carbocycles. The van der Waals surface area contributed by atoms with Gasteiger partial charge in [0, 0.05) is 23.0 Å². The standard InChI is InChI=1S/C25H16ClN5O4S/c1-34-20-13-14(2-7-19(20)35-24(33)16-3-5-17(26)6-4-16)12-18-21(27)31-25(29-22(18)32)36-23(30-31)15-8-10-28-11-9-15/h2-13,27H,1H3/b18-12-,27-21?. The Kier molecular flexibility index (Phi) is 6.36. The van der Waals surface area contributed by atoms with Crippen molar-refractivity contribution in [1.82, 2.24) is 9.99 Å². The highest BCUT2D eigenvalue weighted by atomic mass is 35.5. The minimum atomic E-state index is -0.573. The number of hydrazone groups is 1. The number of thioether (sulfide) groups is 1. The number of rotatable bonds is 5. The van der Waals surface area contributed by atoms with Crippen LogP contribution in [0.15, 0.2) is 82.7 Å². The van der Waals surface area contributed by atoms with E-state index in [9.17, 15) is 9.59 Å². The lowest BCUT2D eigenvalue weighted by Gasteiger charge is -2.20. The lowest BCUT2D eigenvalue weighted by Crippen LogP contribution is -2.35. The van der Waals surface area contributed by atoms with Crippen LogP contribution in [0.1, 0.15) is 21.5 Å². The fraction of sp³-hybridized carbons (Fsp3) is 0.0400. The number of halogens is 1. The number of nitrogens with one attached hydrogen (secondary N) is 1. The minimum Gasteiger partial charge on any atom is -0.493 e. The number of carbonyl (C=O) groups excluding carboxylic acids is 2. The number of methoxy groups -OCH3 is 1. The number of aliphatic imine (C=N–C) groups is 1. The predicted octanol–water partition coefficient (Wildman–Crippen LogP) is 4.63. The van der Waals surface area contributed by atoms with Gasteiger partial charge in [0.05, 0.1) is 18.2 Å². The smallest absolute Gasteiger partial charge is 0.343 e. The molecule has 2 aliphatic heterocycles. The van der Waals surface area contributed by atoms with Crippen molar-refractivity contribution < 1.29 is 19.1 Å². The van der Waals surface area contributed by atoms with Gasteiger partial charge in [-0.05, 0) is 71.9 Å². The first-order valence-corrected chi connectivity index (χ1v) is 11.7. The lowest BCUT2D eigenvalue weighted by atomic mass is 10.1. The van der Waals surface area contributed by atoms with Crippen LogP contribution in [0.2, 0.25) is 5.02 Å². The molecular weight excluding hydrogens is 502 g/mol. The fourth-order valence-electron chi connectivity index (χ4n) is 3.37. The summed E-state index contributed by atoms with van der Waals surface area (Å²) in [7, 11) is 1.44. The summed E-state index contributed by atoms with van der Waals surface area (Å²) in [5.41, 5.74) is 1.76. The van der Waals surface area contributed by atoms with Crippen molar-refractivity contribution in [2.45, 2.75) is 0 Å². The maximum Gasteiger partial charge on any atom is 0.343 e. The highest BCUT2D eigenvalue weighted by molar-refractivity contribution is 8.27. The number of aromatic nitrogens is 1. The number of fused-ring (bicyclic) bond motifs is 1. The molecule has 2 aromatic carbocycles. The summed E-state index contributed by atoms with van der Waals surface area (Å²) in [6.45, 7) is 0. The second-order valence-corrected chi connectivity index (χ2v) is 8.86. The molecule has 0 saturated heterocycles. The molecule has 11 heteroatoms. The van der Waals surface area contributed by atoms with Gasteiger partial charge in [0.2, 0.25) is 5.17 Å². The largest absolute Gasteiger partial charge is 0.493 e. The van der Waals surface area contributed by atoms with E-state index in [1.165, 1.54) is 30.0 Å². The Morgan fingerprint density at radius 1 is 1.08 bits per heavy atom. The van der Waals surface area contributed by atoms with Gasteiger partial charge < -0.3 is 9.47 Å². The molecule has 5 rings (SSSR count). The number of esters is 1. The van der Waals surface area contributed by atoms with E-state index in [4.69, 9.17) is 26.5 Å². The number of benzene rings is 2. The van der Waals surface area contributed by atoms with Crippen LogP contribution in [0.4, 0.5) is 0 Å².